The topological polar surface area (TPSA) is 46.6 Å². The number of alkyl halides is 3. The quantitative estimate of drug-likeness (QED) is 0.829. The standard InChI is InChI=1S/C14H18F3NO3S/c1-18(9-12-6-7-21-10-12)22(19,20)13-4-2-11(3-5-13)8-14(15,16)17/h2-5,12H,6-10H2,1H3/t12-/m1/s1. The van der Waals surface area contributed by atoms with Crippen molar-refractivity contribution in [1.82, 2.24) is 4.31 Å². The van der Waals surface area contributed by atoms with Gasteiger partial charge < -0.3 is 4.74 Å². The number of sulfonamides is 1. The molecule has 1 fully saturated rings. The third-order valence-electron chi connectivity index (χ3n) is 3.58. The minimum Gasteiger partial charge on any atom is -0.381 e. The molecule has 1 heterocycles. The van der Waals surface area contributed by atoms with Crippen LogP contribution in [0.4, 0.5) is 13.2 Å². The number of hydrogen-bond donors (Lipinski definition) is 0. The van der Waals surface area contributed by atoms with E-state index in [4.69, 9.17) is 4.74 Å². The molecule has 1 aliphatic rings. The predicted molar refractivity (Wildman–Crippen MR) is 74.9 cm³/mol. The zero-order valence-electron chi connectivity index (χ0n) is 12.1. The Morgan fingerprint density at radius 1 is 1.27 bits per heavy atom. The van der Waals surface area contributed by atoms with E-state index in [-0.39, 0.29) is 16.4 Å². The highest BCUT2D eigenvalue weighted by Crippen LogP contribution is 2.23. The average Bonchev–Trinajstić information content (AvgIpc) is 2.90. The maximum atomic E-state index is 12.4. The van der Waals surface area contributed by atoms with Gasteiger partial charge in [0, 0.05) is 20.2 Å². The number of nitrogens with zero attached hydrogens (tertiary/aromatic N) is 1. The Bertz CT molecular complexity index is 593. The van der Waals surface area contributed by atoms with E-state index in [1.54, 1.807) is 0 Å². The lowest BCUT2D eigenvalue weighted by Gasteiger charge is -2.20. The van der Waals surface area contributed by atoms with Crippen LogP contribution in [0, 0.1) is 5.92 Å². The lowest BCUT2D eigenvalue weighted by molar-refractivity contribution is -0.127. The minimum atomic E-state index is -4.31. The van der Waals surface area contributed by atoms with E-state index in [9.17, 15) is 21.6 Å². The Balaban J connectivity index is 2.08. The van der Waals surface area contributed by atoms with Crippen molar-refractivity contribution in [2.24, 2.45) is 5.92 Å². The Kier molecular flexibility index (Phi) is 5.14. The monoisotopic (exact) mass is 337 g/mol. The molecule has 1 aromatic rings. The van der Waals surface area contributed by atoms with Gasteiger partial charge in [0.1, 0.15) is 0 Å². The second-order valence-corrected chi connectivity index (χ2v) is 7.50. The normalized spacial score (nSPS) is 19.8. The Hall–Kier alpha value is -1.12. The predicted octanol–water partition coefficient (Wildman–Crippen LogP) is 2.45. The fourth-order valence-electron chi connectivity index (χ4n) is 2.38. The summed E-state index contributed by atoms with van der Waals surface area (Å²) in [6.07, 6.45) is -4.56. The molecule has 8 heteroatoms. The van der Waals surface area contributed by atoms with Gasteiger partial charge in [-0.25, -0.2) is 12.7 Å². The highest BCUT2D eigenvalue weighted by molar-refractivity contribution is 7.89. The van der Waals surface area contributed by atoms with Gasteiger partial charge in [0.15, 0.2) is 0 Å². The molecule has 0 radical (unpaired) electrons. The van der Waals surface area contributed by atoms with Crippen molar-refractivity contribution >= 4 is 10.0 Å². The first-order valence-corrected chi connectivity index (χ1v) is 8.32. The number of ether oxygens (including phenoxy) is 1. The molecule has 1 aromatic carbocycles. The molecule has 1 saturated heterocycles. The largest absolute Gasteiger partial charge is 0.393 e. The van der Waals surface area contributed by atoms with Gasteiger partial charge in [-0.05, 0) is 30.0 Å². The van der Waals surface area contributed by atoms with Crippen molar-refractivity contribution in [1.29, 1.82) is 0 Å². The lowest BCUT2D eigenvalue weighted by Crippen LogP contribution is -2.32. The Labute approximate surface area is 127 Å². The number of benzene rings is 1. The van der Waals surface area contributed by atoms with Crippen LogP contribution in [-0.4, -0.2) is 45.7 Å². The summed E-state index contributed by atoms with van der Waals surface area (Å²) in [5, 5.41) is 0. The maximum absolute atomic E-state index is 12.4. The molecule has 1 atom stereocenters. The van der Waals surface area contributed by atoms with Gasteiger partial charge in [-0.2, -0.15) is 13.2 Å². The van der Waals surface area contributed by atoms with Gasteiger partial charge >= 0.3 is 6.18 Å². The molecule has 0 aliphatic carbocycles. The zero-order valence-corrected chi connectivity index (χ0v) is 13.0. The average molecular weight is 337 g/mol. The van der Waals surface area contributed by atoms with Crippen LogP contribution in [0.3, 0.4) is 0 Å². The second-order valence-electron chi connectivity index (χ2n) is 5.45. The maximum Gasteiger partial charge on any atom is 0.393 e. The first kappa shape index (κ1) is 17.2. The molecule has 0 amide bonds. The fraction of sp³-hybridized carbons (Fsp3) is 0.571. The van der Waals surface area contributed by atoms with Gasteiger partial charge in [-0.1, -0.05) is 12.1 Å². The lowest BCUT2D eigenvalue weighted by atomic mass is 10.1. The van der Waals surface area contributed by atoms with Crippen molar-refractivity contribution in [3.8, 4) is 0 Å². The van der Waals surface area contributed by atoms with Crippen molar-refractivity contribution in [3.05, 3.63) is 29.8 Å². The second kappa shape index (κ2) is 6.55. The summed E-state index contributed by atoms with van der Waals surface area (Å²) < 4.78 is 68.1. The molecule has 0 aromatic heterocycles. The van der Waals surface area contributed by atoms with Gasteiger partial charge in [-0.15, -0.1) is 0 Å². The molecule has 0 spiro atoms. The molecule has 4 nitrogen and oxygen atoms in total. The van der Waals surface area contributed by atoms with Crippen LogP contribution in [0.15, 0.2) is 29.2 Å². The molecule has 0 unspecified atom stereocenters. The van der Waals surface area contributed by atoms with Gasteiger partial charge in [0.2, 0.25) is 10.0 Å². The molecular weight excluding hydrogens is 319 g/mol. The summed E-state index contributed by atoms with van der Waals surface area (Å²) in [6, 6.07) is 4.84. The van der Waals surface area contributed by atoms with Crippen molar-refractivity contribution in [3.63, 3.8) is 0 Å². The van der Waals surface area contributed by atoms with Crippen LogP contribution >= 0.6 is 0 Å². The van der Waals surface area contributed by atoms with E-state index in [0.29, 0.717) is 19.8 Å². The number of halogens is 3. The highest BCUT2D eigenvalue weighted by atomic mass is 32.2. The molecule has 2 rings (SSSR count). The first-order valence-electron chi connectivity index (χ1n) is 6.88. The van der Waals surface area contributed by atoms with Gasteiger partial charge in [0.25, 0.3) is 0 Å². The summed E-state index contributed by atoms with van der Waals surface area (Å²) in [7, 11) is -2.22. The van der Waals surface area contributed by atoms with Crippen molar-refractivity contribution in [2.75, 3.05) is 26.8 Å². The fourth-order valence-corrected chi connectivity index (χ4v) is 3.63. The third kappa shape index (κ3) is 4.44. The van der Waals surface area contributed by atoms with E-state index in [1.165, 1.54) is 35.6 Å². The summed E-state index contributed by atoms with van der Waals surface area (Å²) in [5.74, 6) is 0.157. The van der Waals surface area contributed by atoms with Gasteiger partial charge in [-0.3, -0.25) is 0 Å². The van der Waals surface area contributed by atoms with E-state index in [2.05, 4.69) is 0 Å². The highest BCUT2D eigenvalue weighted by Gasteiger charge is 2.29. The van der Waals surface area contributed by atoms with Crippen LogP contribution < -0.4 is 0 Å². The first-order chi connectivity index (χ1) is 10.2. The van der Waals surface area contributed by atoms with E-state index >= 15 is 0 Å². The van der Waals surface area contributed by atoms with Crippen LogP contribution in [-0.2, 0) is 21.2 Å². The molecule has 0 bridgehead atoms. The SMILES string of the molecule is CN(C[C@H]1CCOC1)S(=O)(=O)c1ccc(CC(F)(F)F)cc1. The zero-order chi connectivity index (χ0) is 16.4. The molecule has 0 N–H and O–H groups in total. The van der Waals surface area contributed by atoms with E-state index < -0.39 is 22.6 Å². The van der Waals surface area contributed by atoms with Crippen LogP contribution in [0.2, 0.25) is 0 Å². The summed E-state index contributed by atoms with van der Waals surface area (Å²) in [5.41, 5.74) is 0.0401. The van der Waals surface area contributed by atoms with Crippen LogP contribution in [0.5, 0.6) is 0 Å². The molecule has 124 valence electrons. The summed E-state index contributed by atoms with van der Waals surface area (Å²) >= 11 is 0. The van der Waals surface area contributed by atoms with Gasteiger partial charge in [0.05, 0.1) is 17.9 Å². The molecule has 1 aliphatic heterocycles. The summed E-state index contributed by atoms with van der Waals surface area (Å²) in [4.78, 5) is -0.000148. The minimum absolute atomic E-state index is 0.000148. The number of hydrogen-bond acceptors (Lipinski definition) is 3. The van der Waals surface area contributed by atoms with Crippen molar-refractivity contribution < 1.29 is 26.3 Å². The molecule has 0 saturated carbocycles. The van der Waals surface area contributed by atoms with Crippen LogP contribution in [0.1, 0.15) is 12.0 Å². The van der Waals surface area contributed by atoms with E-state index in [0.717, 1.165) is 6.42 Å². The van der Waals surface area contributed by atoms with Crippen LogP contribution in [0.25, 0.3) is 0 Å². The molecular formula is C14H18F3NO3S. The third-order valence-corrected chi connectivity index (χ3v) is 5.41. The Morgan fingerprint density at radius 2 is 1.91 bits per heavy atom. The van der Waals surface area contributed by atoms with E-state index in [1.807, 2.05) is 0 Å². The van der Waals surface area contributed by atoms with Crippen molar-refractivity contribution in [2.45, 2.75) is 23.9 Å². The Morgan fingerprint density at radius 3 is 2.41 bits per heavy atom. The molecule has 22 heavy (non-hydrogen) atoms. The summed E-state index contributed by atoms with van der Waals surface area (Å²) in [6.45, 7) is 1.50. The smallest absolute Gasteiger partial charge is 0.381 e. The number of rotatable bonds is 5.